The van der Waals surface area contributed by atoms with Gasteiger partial charge in [0.15, 0.2) is 29.1 Å². The summed E-state index contributed by atoms with van der Waals surface area (Å²) < 4.78 is 115. The molecule has 1 aliphatic rings. The van der Waals surface area contributed by atoms with E-state index in [1.54, 1.807) is 12.1 Å². The highest BCUT2D eigenvalue weighted by Gasteiger charge is 2.22. The second-order valence-corrected chi connectivity index (χ2v) is 10.5. The molecular formula is C33H24F8. The van der Waals surface area contributed by atoms with Gasteiger partial charge < -0.3 is 0 Å². The van der Waals surface area contributed by atoms with Gasteiger partial charge in [-0.25, -0.2) is 35.1 Å². The number of halogens is 8. The van der Waals surface area contributed by atoms with Gasteiger partial charge >= 0.3 is 0 Å². The average molecular weight is 573 g/mol. The normalized spacial score (nSPS) is 17.9. The summed E-state index contributed by atoms with van der Waals surface area (Å²) in [5.74, 6) is -10.0. The van der Waals surface area contributed by atoms with Gasteiger partial charge in [-0.1, -0.05) is 50.1 Å². The number of rotatable bonds is 5. The minimum Gasteiger partial charge on any atom is -0.206 e. The van der Waals surface area contributed by atoms with E-state index < -0.39 is 57.7 Å². The van der Waals surface area contributed by atoms with Crippen LogP contribution in [0.15, 0.2) is 66.7 Å². The first kappa shape index (κ1) is 28.6. The average Bonchev–Trinajstić information content (AvgIpc) is 2.95. The van der Waals surface area contributed by atoms with Gasteiger partial charge in [0.05, 0.1) is 0 Å². The monoisotopic (exact) mass is 572 g/mol. The van der Waals surface area contributed by atoms with Crippen LogP contribution in [0, 0.1) is 40.8 Å². The van der Waals surface area contributed by atoms with Crippen molar-refractivity contribution in [2.45, 2.75) is 38.5 Å². The van der Waals surface area contributed by atoms with Crippen molar-refractivity contribution in [3.8, 4) is 22.3 Å². The first-order valence-corrected chi connectivity index (χ1v) is 13.1. The Bertz CT molecular complexity index is 1620. The van der Waals surface area contributed by atoms with Crippen LogP contribution in [0.1, 0.15) is 55.2 Å². The first-order chi connectivity index (χ1) is 19.5. The van der Waals surface area contributed by atoms with Crippen LogP contribution in [0.25, 0.3) is 33.9 Å². The first-order valence-electron chi connectivity index (χ1n) is 13.1. The van der Waals surface area contributed by atoms with Gasteiger partial charge in [0.25, 0.3) is 0 Å². The summed E-state index contributed by atoms with van der Waals surface area (Å²) in [5.41, 5.74) is -0.985. The molecule has 0 unspecified atom stereocenters. The molecule has 1 aliphatic carbocycles. The Morgan fingerprint density at radius 1 is 0.561 bits per heavy atom. The molecule has 8 heteroatoms. The highest BCUT2D eigenvalue weighted by atomic mass is 19.2. The van der Waals surface area contributed by atoms with Gasteiger partial charge in [-0.15, -0.1) is 0 Å². The SMILES string of the molecule is CC1CCC(c2ccc(-c3ccc(/C(F)=C(\F)c4ccc(-c5cc(F)c(F)c(F)c5)c(F)c4)c(F)c3)c(F)c2)CC1. The van der Waals surface area contributed by atoms with Crippen LogP contribution in [0.4, 0.5) is 35.1 Å². The molecule has 1 saturated carbocycles. The van der Waals surface area contributed by atoms with E-state index in [9.17, 15) is 26.3 Å². The van der Waals surface area contributed by atoms with Crippen LogP contribution in [-0.2, 0) is 0 Å². The van der Waals surface area contributed by atoms with Crippen molar-refractivity contribution in [2.75, 3.05) is 0 Å². The molecule has 0 amide bonds. The predicted octanol–water partition coefficient (Wildman–Crippen LogP) is 10.9. The number of benzene rings is 4. The molecule has 212 valence electrons. The molecule has 4 aromatic carbocycles. The Balaban J connectivity index is 1.40. The molecule has 5 rings (SSSR count). The minimum atomic E-state index is -1.73. The van der Waals surface area contributed by atoms with Crippen molar-refractivity contribution in [3.63, 3.8) is 0 Å². The van der Waals surface area contributed by atoms with Crippen LogP contribution in [0.2, 0.25) is 0 Å². The minimum absolute atomic E-state index is 0.111. The Morgan fingerprint density at radius 2 is 1.15 bits per heavy atom. The Hall–Kier alpha value is -3.94. The summed E-state index contributed by atoms with van der Waals surface area (Å²) in [5, 5.41) is 0. The van der Waals surface area contributed by atoms with Gasteiger partial charge in [0.2, 0.25) is 0 Å². The lowest BCUT2D eigenvalue weighted by atomic mass is 9.79. The van der Waals surface area contributed by atoms with Gasteiger partial charge in [-0.2, -0.15) is 0 Å². The van der Waals surface area contributed by atoms with Crippen LogP contribution < -0.4 is 0 Å². The second kappa shape index (κ2) is 11.5. The lowest BCUT2D eigenvalue weighted by Crippen LogP contribution is -2.11. The zero-order valence-electron chi connectivity index (χ0n) is 21.9. The molecule has 0 saturated heterocycles. The molecule has 4 aromatic rings. The molecule has 0 nitrogen and oxygen atoms in total. The van der Waals surface area contributed by atoms with Gasteiger partial charge in [-0.3, -0.25) is 0 Å². The van der Waals surface area contributed by atoms with Crippen molar-refractivity contribution in [3.05, 3.63) is 118 Å². The van der Waals surface area contributed by atoms with E-state index in [4.69, 9.17) is 0 Å². The van der Waals surface area contributed by atoms with E-state index in [-0.39, 0.29) is 28.2 Å². The molecule has 1 fully saturated rings. The quantitative estimate of drug-likeness (QED) is 0.127. The molecule has 0 N–H and O–H groups in total. The third-order valence-electron chi connectivity index (χ3n) is 7.71. The molecule has 0 bridgehead atoms. The molecule has 0 aliphatic heterocycles. The van der Waals surface area contributed by atoms with Crippen LogP contribution in [0.3, 0.4) is 0 Å². The maximum Gasteiger partial charge on any atom is 0.194 e. The summed E-state index contributed by atoms with van der Waals surface area (Å²) in [7, 11) is 0. The predicted molar refractivity (Wildman–Crippen MR) is 143 cm³/mol. The standard InChI is InChI=1S/C33H24F8/c1-17-2-4-18(5-3-17)19-6-9-23(26(34)12-19)20-7-11-25(28(36)13-20)32(40)31(39)21-8-10-24(27(35)14-21)22-15-29(37)33(41)30(38)16-22/h6-18H,2-5H2,1H3/b32-31+. The maximum absolute atomic E-state index is 15.0. The van der Waals surface area contributed by atoms with E-state index in [0.717, 1.165) is 55.5 Å². The van der Waals surface area contributed by atoms with Gasteiger partial charge in [0.1, 0.15) is 17.5 Å². The Morgan fingerprint density at radius 3 is 1.76 bits per heavy atom. The van der Waals surface area contributed by atoms with E-state index in [2.05, 4.69) is 6.92 Å². The van der Waals surface area contributed by atoms with Crippen LogP contribution in [0.5, 0.6) is 0 Å². The highest BCUT2D eigenvalue weighted by Crippen LogP contribution is 2.38. The lowest BCUT2D eigenvalue weighted by molar-refractivity contribution is 0.347. The van der Waals surface area contributed by atoms with Crippen LogP contribution in [-0.4, -0.2) is 0 Å². The zero-order valence-corrected chi connectivity index (χ0v) is 21.9. The van der Waals surface area contributed by atoms with Crippen molar-refractivity contribution in [1.29, 1.82) is 0 Å². The molecule has 0 heterocycles. The van der Waals surface area contributed by atoms with E-state index in [1.165, 1.54) is 12.1 Å². The van der Waals surface area contributed by atoms with Gasteiger partial charge in [0, 0.05) is 22.3 Å². The van der Waals surface area contributed by atoms with Crippen molar-refractivity contribution in [2.24, 2.45) is 5.92 Å². The maximum atomic E-state index is 15.0. The number of hydrogen-bond acceptors (Lipinski definition) is 0. The van der Waals surface area contributed by atoms with Crippen molar-refractivity contribution >= 4 is 11.7 Å². The lowest BCUT2D eigenvalue weighted by Gasteiger charge is -2.26. The fraction of sp³-hybridized carbons (Fsp3) is 0.212. The Kier molecular flexibility index (Phi) is 8.02. The Labute approximate surface area is 232 Å². The number of hydrogen-bond donors (Lipinski definition) is 0. The van der Waals surface area contributed by atoms with E-state index in [1.807, 2.05) is 0 Å². The summed E-state index contributed by atoms with van der Waals surface area (Å²) in [4.78, 5) is 0. The summed E-state index contributed by atoms with van der Waals surface area (Å²) in [6.07, 6.45) is 4.08. The molecule has 41 heavy (non-hydrogen) atoms. The topological polar surface area (TPSA) is 0 Å². The van der Waals surface area contributed by atoms with Gasteiger partial charge in [-0.05, 0) is 77.8 Å². The van der Waals surface area contributed by atoms with Crippen molar-refractivity contribution in [1.82, 2.24) is 0 Å². The van der Waals surface area contributed by atoms with Crippen molar-refractivity contribution < 1.29 is 35.1 Å². The second-order valence-electron chi connectivity index (χ2n) is 10.5. The molecule has 0 spiro atoms. The summed E-state index contributed by atoms with van der Waals surface area (Å²) >= 11 is 0. The van der Waals surface area contributed by atoms with E-state index >= 15 is 8.78 Å². The fourth-order valence-corrected chi connectivity index (χ4v) is 5.32. The smallest absolute Gasteiger partial charge is 0.194 e. The fourth-order valence-electron chi connectivity index (χ4n) is 5.32. The largest absolute Gasteiger partial charge is 0.206 e. The molecule has 0 atom stereocenters. The van der Waals surface area contributed by atoms with E-state index in [0.29, 0.717) is 24.1 Å². The zero-order chi connectivity index (χ0) is 29.4. The molecule has 0 radical (unpaired) electrons. The summed E-state index contributed by atoms with van der Waals surface area (Å²) in [6.45, 7) is 2.19. The third-order valence-corrected chi connectivity index (χ3v) is 7.71. The van der Waals surface area contributed by atoms with Crippen LogP contribution >= 0.6 is 0 Å². The molecule has 0 aromatic heterocycles. The highest BCUT2D eigenvalue weighted by molar-refractivity contribution is 5.85. The molecular weight excluding hydrogens is 548 g/mol. The summed E-state index contributed by atoms with van der Waals surface area (Å²) in [6, 6.07) is 11.5. The third kappa shape index (κ3) is 5.78.